The van der Waals surface area contributed by atoms with Gasteiger partial charge in [-0.1, -0.05) is 36.4 Å². The van der Waals surface area contributed by atoms with E-state index in [1.165, 1.54) is 23.3 Å². The average Bonchev–Trinajstić information content (AvgIpc) is 2.77. The number of benzene rings is 2. The highest BCUT2D eigenvalue weighted by molar-refractivity contribution is 5.79. The molecule has 3 rings (SSSR count). The monoisotopic (exact) mass is 411 g/mol. The number of nitro groups is 1. The molecule has 0 atom stereocenters. The summed E-state index contributed by atoms with van der Waals surface area (Å²) in [7, 11) is 0. The summed E-state index contributed by atoms with van der Waals surface area (Å²) in [6.07, 6.45) is 0. The normalized spacial score (nSPS) is 15.0. The van der Waals surface area contributed by atoms with Gasteiger partial charge in [0.1, 0.15) is 0 Å². The molecule has 0 unspecified atom stereocenters. The van der Waals surface area contributed by atoms with Gasteiger partial charge in [-0.25, -0.2) is 4.99 Å². The molecule has 1 aliphatic heterocycles. The first-order valence-electron chi connectivity index (χ1n) is 10.2. The van der Waals surface area contributed by atoms with Crippen LogP contribution in [-0.4, -0.2) is 55.2 Å². The van der Waals surface area contributed by atoms with E-state index < -0.39 is 4.92 Å². The van der Waals surface area contributed by atoms with Crippen LogP contribution in [0.1, 0.15) is 16.7 Å². The van der Waals surface area contributed by atoms with Crippen molar-refractivity contribution in [1.82, 2.24) is 15.5 Å². The number of hydrogen-bond donors (Lipinski definition) is 2. The third-order valence-electron chi connectivity index (χ3n) is 5.10. The maximum Gasteiger partial charge on any atom is 0.269 e. The van der Waals surface area contributed by atoms with Crippen molar-refractivity contribution < 1.29 is 9.66 Å². The Morgan fingerprint density at radius 2 is 1.87 bits per heavy atom. The number of nitrogens with one attached hydrogen (secondary N) is 2. The molecule has 1 fully saturated rings. The second kappa shape index (κ2) is 11.3. The van der Waals surface area contributed by atoms with E-state index in [4.69, 9.17) is 4.74 Å². The van der Waals surface area contributed by atoms with Crippen LogP contribution in [0.5, 0.6) is 0 Å². The molecule has 8 nitrogen and oxygen atoms in total. The summed E-state index contributed by atoms with van der Waals surface area (Å²) in [5.41, 5.74) is 3.46. The highest BCUT2D eigenvalue weighted by Gasteiger charge is 2.10. The highest BCUT2D eigenvalue weighted by atomic mass is 16.6. The van der Waals surface area contributed by atoms with Crippen molar-refractivity contribution in [2.24, 2.45) is 4.99 Å². The second-order valence-corrected chi connectivity index (χ2v) is 7.25. The van der Waals surface area contributed by atoms with Crippen LogP contribution in [-0.2, 0) is 17.8 Å². The van der Waals surface area contributed by atoms with Crippen molar-refractivity contribution in [3.8, 4) is 0 Å². The molecule has 0 aliphatic carbocycles. The number of aliphatic imine (C=N–C) groups is 1. The number of morpholine rings is 1. The summed E-state index contributed by atoms with van der Waals surface area (Å²) >= 11 is 0. The number of nitro benzene ring substituents is 1. The first-order valence-corrected chi connectivity index (χ1v) is 10.2. The lowest BCUT2D eigenvalue weighted by molar-refractivity contribution is -0.384. The van der Waals surface area contributed by atoms with Gasteiger partial charge in [-0.3, -0.25) is 15.0 Å². The number of ether oxygens (including phenoxy) is 1. The molecule has 0 radical (unpaired) electrons. The van der Waals surface area contributed by atoms with Crippen molar-refractivity contribution in [3.05, 3.63) is 75.3 Å². The summed E-state index contributed by atoms with van der Waals surface area (Å²) < 4.78 is 5.40. The first-order chi connectivity index (χ1) is 14.6. The van der Waals surface area contributed by atoms with Crippen LogP contribution in [0.15, 0.2) is 53.5 Å². The fraction of sp³-hybridized carbons (Fsp3) is 0.409. The summed E-state index contributed by atoms with van der Waals surface area (Å²) in [4.78, 5) is 17.5. The lowest BCUT2D eigenvalue weighted by Crippen LogP contribution is -2.44. The Kier molecular flexibility index (Phi) is 8.17. The molecule has 1 saturated heterocycles. The number of non-ortho nitro benzene ring substituents is 1. The molecule has 1 heterocycles. The number of aryl methyl sites for hydroxylation is 1. The topological polar surface area (TPSA) is 92.0 Å². The average molecular weight is 412 g/mol. The van der Waals surface area contributed by atoms with Gasteiger partial charge in [0, 0.05) is 44.9 Å². The van der Waals surface area contributed by atoms with Gasteiger partial charge in [0.25, 0.3) is 5.69 Å². The van der Waals surface area contributed by atoms with Gasteiger partial charge in [0.2, 0.25) is 0 Å². The Balaban J connectivity index is 1.60. The van der Waals surface area contributed by atoms with Crippen LogP contribution in [0.2, 0.25) is 0 Å². The fourth-order valence-electron chi connectivity index (χ4n) is 3.21. The van der Waals surface area contributed by atoms with Crippen molar-refractivity contribution in [2.45, 2.75) is 20.0 Å². The van der Waals surface area contributed by atoms with E-state index in [9.17, 15) is 10.1 Å². The molecule has 0 saturated carbocycles. The van der Waals surface area contributed by atoms with Gasteiger partial charge in [-0.2, -0.15) is 0 Å². The standard InChI is InChI=1S/C22H29N5O3/c1-18-4-2-3-5-20(18)17-25-22(23-10-11-26-12-14-30-15-13-26)24-16-19-6-8-21(9-7-19)27(28)29/h2-9H,10-17H2,1H3,(H2,23,24,25). The van der Waals surface area contributed by atoms with Gasteiger partial charge in [0.15, 0.2) is 5.96 Å². The molecule has 2 N–H and O–H groups in total. The van der Waals surface area contributed by atoms with E-state index in [1.807, 2.05) is 12.1 Å². The zero-order valence-electron chi connectivity index (χ0n) is 17.3. The van der Waals surface area contributed by atoms with Crippen LogP contribution in [0, 0.1) is 17.0 Å². The molecular formula is C22H29N5O3. The summed E-state index contributed by atoms with van der Waals surface area (Å²) in [5.74, 6) is 0.727. The zero-order chi connectivity index (χ0) is 21.2. The number of hydrogen-bond acceptors (Lipinski definition) is 5. The largest absolute Gasteiger partial charge is 0.379 e. The Hall–Kier alpha value is -2.97. The fourth-order valence-corrected chi connectivity index (χ4v) is 3.21. The van der Waals surface area contributed by atoms with Gasteiger partial charge in [0.05, 0.1) is 24.7 Å². The smallest absolute Gasteiger partial charge is 0.269 e. The van der Waals surface area contributed by atoms with Gasteiger partial charge < -0.3 is 15.4 Å². The van der Waals surface area contributed by atoms with Crippen LogP contribution >= 0.6 is 0 Å². The van der Waals surface area contributed by atoms with E-state index in [1.54, 1.807) is 12.1 Å². The maximum atomic E-state index is 10.8. The van der Waals surface area contributed by atoms with Gasteiger partial charge in [-0.05, 0) is 23.6 Å². The molecule has 2 aromatic carbocycles. The molecule has 160 valence electrons. The number of nitrogens with zero attached hydrogens (tertiary/aromatic N) is 3. The summed E-state index contributed by atoms with van der Waals surface area (Å²) in [6, 6.07) is 14.8. The van der Waals surface area contributed by atoms with E-state index in [-0.39, 0.29) is 5.69 Å². The third kappa shape index (κ3) is 6.82. The summed E-state index contributed by atoms with van der Waals surface area (Å²) in [5, 5.41) is 17.6. The van der Waals surface area contributed by atoms with Crippen LogP contribution in [0.4, 0.5) is 5.69 Å². The maximum absolute atomic E-state index is 10.8. The highest BCUT2D eigenvalue weighted by Crippen LogP contribution is 2.12. The Morgan fingerprint density at radius 1 is 1.13 bits per heavy atom. The zero-order valence-corrected chi connectivity index (χ0v) is 17.3. The minimum atomic E-state index is -0.393. The SMILES string of the molecule is Cc1ccccc1CNC(=NCc1ccc([N+](=O)[O-])cc1)NCCN1CCOCC1. The molecule has 0 amide bonds. The number of rotatable bonds is 8. The molecular weight excluding hydrogens is 382 g/mol. The molecule has 0 spiro atoms. The molecule has 2 aromatic rings. The second-order valence-electron chi connectivity index (χ2n) is 7.25. The van der Waals surface area contributed by atoms with Crippen molar-refractivity contribution in [2.75, 3.05) is 39.4 Å². The molecule has 1 aliphatic rings. The van der Waals surface area contributed by atoms with Crippen LogP contribution < -0.4 is 10.6 Å². The van der Waals surface area contributed by atoms with Crippen LogP contribution in [0.3, 0.4) is 0 Å². The predicted octanol–water partition coefficient (Wildman–Crippen LogP) is 2.47. The van der Waals surface area contributed by atoms with Gasteiger partial charge >= 0.3 is 0 Å². The Bertz CT molecular complexity index is 848. The number of guanidine groups is 1. The predicted molar refractivity (Wildman–Crippen MR) is 118 cm³/mol. The minimum Gasteiger partial charge on any atom is -0.379 e. The lowest BCUT2D eigenvalue weighted by Gasteiger charge is -2.26. The molecule has 0 aromatic heterocycles. The molecule has 8 heteroatoms. The van der Waals surface area contributed by atoms with Gasteiger partial charge in [-0.15, -0.1) is 0 Å². The Morgan fingerprint density at radius 3 is 2.57 bits per heavy atom. The Labute approximate surface area is 177 Å². The van der Waals surface area contributed by atoms with E-state index >= 15 is 0 Å². The lowest BCUT2D eigenvalue weighted by atomic mass is 10.1. The molecule has 30 heavy (non-hydrogen) atoms. The summed E-state index contributed by atoms with van der Waals surface area (Å²) in [6.45, 7) is 8.39. The third-order valence-corrected chi connectivity index (χ3v) is 5.10. The minimum absolute atomic E-state index is 0.0873. The quantitative estimate of drug-likeness (QED) is 0.300. The first kappa shape index (κ1) is 21.7. The molecule has 0 bridgehead atoms. The van der Waals surface area contributed by atoms with Crippen molar-refractivity contribution in [1.29, 1.82) is 0 Å². The van der Waals surface area contributed by atoms with E-state index in [0.717, 1.165) is 50.9 Å². The van der Waals surface area contributed by atoms with Crippen molar-refractivity contribution in [3.63, 3.8) is 0 Å². The van der Waals surface area contributed by atoms with E-state index in [2.05, 4.69) is 39.6 Å². The van der Waals surface area contributed by atoms with Crippen LogP contribution in [0.25, 0.3) is 0 Å². The van der Waals surface area contributed by atoms with E-state index in [0.29, 0.717) is 13.1 Å². The van der Waals surface area contributed by atoms with Crippen molar-refractivity contribution >= 4 is 11.6 Å².